The Hall–Kier alpha value is -1.27. The molecule has 43 heavy (non-hydrogen) atoms. The predicted octanol–water partition coefficient (Wildman–Crippen LogP) is 2.74. The van der Waals surface area contributed by atoms with Crippen molar-refractivity contribution in [2.45, 2.75) is 126 Å². The minimum Gasteiger partial charge on any atom is -0.481 e. The molecule has 0 radical (unpaired) electrons. The van der Waals surface area contributed by atoms with Crippen molar-refractivity contribution in [3.63, 3.8) is 0 Å². The van der Waals surface area contributed by atoms with E-state index in [-0.39, 0.29) is 55.3 Å². The standard InChI is InChI=1S/C28H47NO13S/c29-42-40-22-9-10-25(27(31)32)26(14-22)28(33)38-20-3-2-6-24(13-20)43(35)41-23-5-1-4-21(12-23)39-37-16-18-11-19(30)8-7-17(18)15-36-34/h17-26,30,34H,1-16,29H2,(H,31,32). The maximum Gasteiger partial charge on any atom is 0.310 e. The van der Waals surface area contributed by atoms with Crippen LogP contribution < -0.4 is 5.90 Å². The van der Waals surface area contributed by atoms with E-state index in [2.05, 4.69) is 9.88 Å². The molecule has 5 N–H and O–H groups in total. The van der Waals surface area contributed by atoms with Crippen LogP contribution in [-0.4, -0.2) is 80.6 Å². The molecule has 248 valence electrons. The van der Waals surface area contributed by atoms with Crippen molar-refractivity contribution in [1.82, 2.24) is 0 Å². The quantitative estimate of drug-likeness (QED) is 0.123. The summed E-state index contributed by atoms with van der Waals surface area (Å²) in [4.78, 5) is 49.6. The van der Waals surface area contributed by atoms with Crippen LogP contribution in [0.1, 0.15) is 89.9 Å². The normalized spacial score (nSPS) is 37.8. The van der Waals surface area contributed by atoms with E-state index in [1.54, 1.807) is 0 Å². The summed E-state index contributed by atoms with van der Waals surface area (Å²) in [5.41, 5.74) is 0. The van der Waals surface area contributed by atoms with E-state index in [0.29, 0.717) is 51.4 Å². The van der Waals surface area contributed by atoms with Gasteiger partial charge in [-0.25, -0.2) is 23.8 Å². The van der Waals surface area contributed by atoms with E-state index in [0.717, 1.165) is 25.7 Å². The number of aliphatic hydroxyl groups excluding tert-OH is 1. The first-order valence-corrected chi connectivity index (χ1v) is 16.7. The number of carbonyl (C=O) groups is 2. The van der Waals surface area contributed by atoms with E-state index in [4.69, 9.17) is 34.7 Å². The van der Waals surface area contributed by atoms with Crippen LogP contribution in [0.5, 0.6) is 0 Å². The molecule has 0 aromatic rings. The highest BCUT2D eigenvalue weighted by atomic mass is 32.2. The van der Waals surface area contributed by atoms with Crippen molar-refractivity contribution in [3.05, 3.63) is 0 Å². The van der Waals surface area contributed by atoms with Crippen molar-refractivity contribution in [1.29, 1.82) is 0 Å². The Bertz CT molecular complexity index is 912. The minimum atomic E-state index is -1.60. The molecule has 0 aliphatic heterocycles. The first-order chi connectivity index (χ1) is 20.8. The van der Waals surface area contributed by atoms with E-state index in [1.807, 2.05) is 0 Å². The van der Waals surface area contributed by atoms with E-state index < -0.39 is 53.2 Å². The summed E-state index contributed by atoms with van der Waals surface area (Å²) in [6.45, 7) is 0.472. The summed E-state index contributed by atoms with van der Waals surface area (Å²) in [6.07, 6.45) is 6.14. The van der Waals surface area contributed by atoms with Crippen LogP contribution in [0, 0.1) is 23.7 Å². The van der Waals surface area contributed by atoms with Crippen molar-refractivity contribution in [2.75, 3.05) is 13.2 Å². The predicted molar refractivity (Wildman–Crippen MR) is 148 cm³/mol. The van der Waals surface area contributed by atoms with Gasteiger partial charge in [-0.1, -0.05) is 0 Å². The Morgan fingerprint density at radius 1 is 0.767 bits per heavy atom. The third kappa shape index (κ3) is 10.4. The van der Waals surface area contributed by atoms with Crippen molar-refractivity contribution >= 4 is 23.0 Å². The molecule has 4 saturated carbocycles. The van der Waals surface area contributed by atoms with Gasteiger partial charge >= 0.3 is 11.9 Å². The molecule has 0 aromatic heterocycles. The lowest BCUT2D eigenvalue weighted by atomic mass is 9.78. The van der Waals surface area contributed by atoms with Gasteiger partial charge < -0.3 is 14.9 Å². The van der Waals surface area contributed by atoms with Crippen LogP contribution in [0.15, 0.2) is 0 Å². The number of hydrogen-bond acceptors (Lipinski definition) is 13. The van der Waals surface area contributed by atoms with Gasteiger partial charge in [-0.05, 0) is 88.9 Å². The molecule has 0 bridgehead atoms. The largest absolute Gasteiger partial charge is 0.481 e. The maximum absolute atomic E-state index is 13.2. The van der Waals surface area contributed by atoms with Crippen LogP contribution in [0.25, 0.3) is 0 Å². The van der Waals surface area contributed by atoms with Crippen molar-refractivity contribution in [2.24, 2.45) is 29.6 Å². The number of aliphatic carboxylic acids is 1. The Morgan fingerprint density at radius 2 is 1.51 bits per heavy atom. The summed E-state index contributed by atoms with van der Waals surface area (Å²) in [6, 6.07) is 0. The first-order valence-electron chi connectivity index (χ1n) is 15.5. The van der Waals surface area contributed by atoms with E-state index >= 15 is 0 Å². The molecule has 0 amide bonds. The molecule has 11 atom stereocenters. The summed E-state index contributed by atoms with van der Waals surface area (Å²) < 4.78 is 24.9. The molecule has 14 nitrogen and oxygen atoms in total. The van der Waals surface area contributed by atoms with E-state index in [1.165, 1.54) is 0 Å². The molecule has 4 aliphatic rings. The Balaban J connectivity index is 1.21. The highest BCUT2D eigenvalue weighted by Crippen LogP contribution is 2.36. The number of ether oxygens (including phenoxy) is 1. The van der Waals surface area contributed by atoms with Gasteiger partial charge in [-0.3, -0.25) is 19.0 Å². The lowest BCUT2D eigenvalue weighted by molar-refractivity contribution is -0.342. The molecule has 4 rings (SSSR count). The molecule has 4 aliphatic carbocycles. The summed E-state index contributed by atoms with van der Waals surface area (Å²) in [5, 5.41) is 28.2. The molecule has 0 spiro atoms. The van der Waals surface area contributed by atoms with Gasteiger partial charge in [0.05, 0.1) is 54.7 Å². The zero-order valence-corrected chi connectivity index (χ0v) is 25.3. The summed E-state index contributed by atoms with van der Waals surface area (Å²) >= 11 is -1.60. The number of nitrogens with two attached hydrogens (primary N) is 1. The van der Waals surface area contributed by atoms with Gasteiger partial charge in [-0.15, -0.1) is 4.99 Å². The lowest BCUT2D eigenvalue weighted by Gasteiger charge is -2.34. The van der Waals surface area contributed by atoms with Crippen molar-refractivity contribution < 1.29 is 62.7 Å². The lowest BCUT2D eigenvalue weighted by Crippen LogP contribution is -2.41. The number of carboxylic acids is 1. The smallest absolute Gasteiger partial charge is 0.310 e. The van der Waals surface area contributed by atoms with Crippen LogP contribution in [0.3, 0.4) is 0 Å². The zero-order valence-electron chi connectivity index (χ0n) is 24.5. The van der Waals surface area contributed by atoms with Crippen LogP contribution in [0.2, 0.25) is 0 Å². The average Bonchev–Trinajstić information content (AvgIpc) is 2.99. The summed E-state index contributed by atoms with van der Waals surface area (Å²) in [7, 11) is 0. The fraction of sp³-hybridized carbons (Fsp3) is 0.929. The Morgan fingerprint density at radius 3 is 2.28 bits per heavy atom. The summed E-state index contributed by atoms with van der Waals surface area (Å²) in [5.74, 6) is 1.66. The third-order valence-corrected chi connectivity index (χ3v) is 10.9. The second-order valence-corrected chi connectivity index (χ2v) is 13.8. The highest BCUT2D eigenvalue weighted by Gasteiger charge is 2.43. The second-order valence-electron chi connectivity index (χ2n) is 12.5. The van der Waals surface area contributed by atoms with Crippen molar-refractivity contribution in [3.8, 4) is 0 Å². The average molecular weight is 638 g/mol. The number of aliphatic hydroxyl groups is 1. The molecule has 0 saturated heterocycles. The molecule has 4 fully saturated rings. The van der Waals surface area contributed by atoms with E-state index in [9.17, 15) is 24.0 Å². The first kappa shape index (κ1) is 34.6. The molecular weight excluding hydrogens is 590 g/mol. The topological polar surface area (TPSA) is 203 Å². The fourth-order valence-electron chi connectivity index (χ4n) is 7.02. The fourth-order valence-corrected chi connectivity index (χ4v) is 8.35. The SMILES string of the molecule is NOOC1CCC(C(=O)O)C(C(=O)OC2CCCC(S(=O)OC3CCCC(OOCC4CC(O)CCC4COO)C3)C2)C1. The maximum atomic E-state index is 13.2. The van der Waals surface area contributed by atoms with Gasteiger partial charge in [0.2, 0.25) is 0 Å². The highest BCUT2D eigenvalue weighted by molar-refractivity contribution is 7.80. The Kier molecular flexibility index (Phi) is 14.0. The molecule has 0 heterocycles. The van der Waals surface area contributed by atoms with Crippen LogP contribution >= 0.6 is 0 Å². The zero-order chi connectivity index (χ0) is 30.8. The molecule has 0 aromatic carbocycles. The number of hydrogen-bond donors (Lipinski definition) is 4. The number of carbonyl (C=O) groups excluding carboxylic acids is 1. The monoisotopic (exact) mass is 637 g/mol. The van der Waals surface area contributed by atoms with Crippen LogP contribution in [0.4, 0.5) is 0 Å². The number of esters is 1. The van der Waals surface area contributed by atoms with Gasteiger partial charge in [0, 0.05) is 12.8 Å². The van der Waals surface area contributed by atoms with Gasteiger partial charge in [0.1, 0.15) is 6.10 Å². The second kappa shape index (κ2) is 17.4. The molecule has 11 unspecified atom stereocenters. The van der Waals surface area contributed by atoms with Gasteiger partial charge in [0.25, 0.3) is 0 Å². The third-order valence-electron chi connectivity index (χ3n) is 9.44. The van der Waals surface area contributed by atoms with Crippen LogP contribution in [-0.2, 0) is 54.1 Å². The van der Waals surface area contributed by atoms with Gasteiger partial charge in [0.15, 0.2) is 11.1 Å². The number of carboxylic acid groups (broad SMARTS) is 1. The minimum absolute atomic E-state index is 0.00948. The number of rotatable bonds is 14. The molecular formula is C28H47NO13S. The van der Waals surface area contributed by atoms with Gasteiger partial charge in [-0.2, -0.15) is 5.90 Å². The molecule has 15 heteroatoms. The Labute approximate surface area is 254 Å².